The van der Waals surface area contributed by atoms with Crippen molar-refractivity contribution < 1.29 is 4.74 Å². The van der Waals surface area contributed by atoms with Crippen LogP contribution in [0.25, 0.3) is 0 Å². The maximum absolute atomic E-state index is 7.36. The predicted octanol–water partition coefficient (Wildman–Crippen LogP) is 5.54. The highest BCUT2D eigenvalue weighted by atomic mass is 79.9. The van der Waals surface area contributed by atoms with E-state index in [-0.39, 0.29) is 44.3 Å². The van der Waals surface area contributed by atoms with Gasteiger partial charge in [0.05, 0.1) is 0 Å². The Hall–Kier alpha value is -0.870. The first-order valence-electron chi connectivity index (χ1n) is 6.94. The molecule has 2 aromatic rings. The molecule has 5 nitrogen and oxygen atoms in total. The van der Waals surface area contributed by atoms with Crippen molar-refractivity contribution in [1.82, 2.24) is 0 Å². The van der Waals surface area contributed by atoms with Crippen molar-refractivity contribution in [3.63, 3.8) is 0 Å². The van der Waals surface area contributed by atoms with Crippen LogP contribution in [0.3, 0.4) is 0 Å². The fourth-order valence-electron chi connectivity index (χ4n) is 1.92. The molecule has 0 spiro atoms. The number of ether oxygens (including phenoxy) is 1. The van der Waals surface area contributed by atoms with Crippen molar-refractivity contribution in [3.8, 4) is 11.5 Å². The third-order valence-corrected chi connectivity index (χ3v) is 4.89. The SMILES string of the molecule is Br.Br.N=C(N)SCc1ccccc1Oc1cccc(Cl)c1CSC(=N)N. The maximum atomic E-state index is 7.36. The molecule has 0 radical (unpaired) electrons. The van der Waals surface area contributed by atoms with E-state index >= 15 is 0 Å². The molecule has 0 aliphatic carbocycles. The normalized spacial score (nSPS) is 9.58. The van der Waals surface area contributed by atoms with Crippen molar-refractivity contribution in [3.05, 3.63) is 58.6 Å². The number of thioether (sulfide) groups is 2. The molecule has 0 atom stereocenters. The van der Waals surface area contributed by atoms with E-state index in [1.54, 1.807) is 6.07 Å². The molecular weight excluding hydrogens is 524 g/mol. The van der Waals surface area contributed by atoms with E-state index < -0.39 is 0 Å². The summed E-state index contributed by atoms with van der Waals surface area (Å²) in [5.41, 5.74) is 12.5. The summed E-state index contributed by atoms with van der Waals surface area (Å²) >= 11 is 8.69. The molecule has 0 unspecified atom stereocenters. The zero-order chi connectivity index (χ0) is 17.5. The molecule has 0 bridgehead atoms. The molecule has 26 heavy (non-hydrogen) atoms. The van der Waals surface area contributed by atoms with Crippen molar-refractivity contribution in [2.24, 2.45) is 11.5 Å². The lowest BCUT2D eigenvalue weighted by atomic mass is 10.2. The number of hydrogen-bond acceptors (Lipinski definition) is 5. The number of benzene rings is 2. The molecule has 10 heteroatoms. The van der Waals surface area contributed by atoms with Gasteiger partial charge in [0.25, 0.3) is 0 Å². The average molecular weight is 543 g/mol. The van der Waals surface area contributed by atoms with Crippen molar-refractivity contribution >= 4 is 79.4 Å². The van der Waals surface area contributed by atoms with Gasteiger partial charge in [-0.2, -0.15) is 0 Å². The van der Waals surface area contributed by atoms with Crippen LogP contribution >= 0.6 is 69.1 Å². The van der Waals surface area contributed by atoms with Crippen LogP contribution in [0.2, 0.25) is 5.02 Å². The summed E-state index contributed by atoms with van der Waals surface area (Å²) in [6.45, 7) is 0. The summed E-state index contributed by atoms with van der Waals surface area (Å²) in [5.74, 6) is 2.30. The van der Waals surface area contributed by atoms with Gasteiger partial charge in [-0.3, -0.25) is 10.8 Å². The highest BCUT2D eigenvalue weighted by Crippen LogP contribution is 2.35. The van der Waals surface area contributed by atoms with Crippen LogP contribution in [-0.2, 0) is 11.5 Å². The second-order valence-corrected chi connectivity index (χ2v) is 7.17. The summed E-state index contributed by atoms with van der Waals surface area (Å²) < 4.78 is 6.05. The van der Waals surface area contributed by atoms with Gasteiger partial charge in [0.2, 0.25) is 0 Å². The van der Waals surface area contributed by atoms with Gasteiger partial charge in [-0.1, -0.05) is 59.4 Å². The monoisotopic (exact) mass is 540 g/mol. The van der Waals surface area contributed by atoms with Crippen molar-refractivity contribution in [2.45, 2.75) is 11.5 Å². The Morgan fingerprint density at radius 2 is 1.46 bits per heavy atom. The number of nitrogens with two attached hydrogens (primary N) is 2. The summed E-state index contributed by atoms with van der Waals surface area (Å²) in [6, 6.07) is 13.0. The summed E-state index contributed by atoms with van der Waals surface area (Å²) in [4.78, 5) is 0. The zero-order valence-electron chi connectivity index (χ0n) is 13.5. The zero-order valence-corrected chi connectivity index (χ0v) is 19.3. The molecule has 0 aliphatic rings. The van der Waals surface area contributed by atoms with Crippen LogP contribution in [0.4, 0.5) is 0 Å². The van der Waals surface area contributed by atoms with Gasteiger partial charge in [0.1, 0.15) is 11.5 Å². The highest BCUT2D eigenvalue weighted by molar-refractivity contribution is 8.93. The maximum Gasteiger partial charge on any atom is 0.151 e. The van der Waals surface area contributed by atoms with Gasteiger partial charge in [-0.25, -0.2) is 0 Å². The molecule has 0 saturated heterocycles. The third-order valence-electron chi connectivity index (χ3n) is 3.02. The Bertz CT molecular complexity index is 765. The Morgan fingerprint density at radius 1 is 0.885 bits per heavy atom. The van der Waals surface area contributed by atoms with Gasteiger partial charge in [0.15, 0.2) is 10.3 Å². The summed E-state index contributed by atoms with van der Waals surface area (Å²) in [7, 11) is 0. The van der Waals surface area contributed by atoms with E-state index in [0.29, 0.717) is 28.0 Å². The average Bonchev–Trinajstić information content (AvgIpc) is 2.53. The first kappa shape index (κ1) is 25.1. The first-order chi connectivity index (χ1) is 11.5. The van der Waals surface area contributed by atoms with E-state index in [2.05, 4.69) is 0 Å². The van der Waals surface area contributed by atoms with E-state index in [4.69, 9.17) is 38.6 Å². The van der Waals surface area contributed by atoms with Crippen molar-refractivity contribution in [2.75, 3.05) is 0 Å². The first-order valence-corrected chi connectivity index (χ1v) is 9.29. The summed E-state index contributed by atoms with van der Waals surface area (Å²) in [5, 5.41) is 15.4. The number of amidine groups is 2. The molecule has 0 fully saturated rings. The van der Waals surface area contributed by atoms with Gasteiger partial charge >= 0.3 is 0 Å². The number of nitrogens with one attached hydrogen (secondary N) is 2. The van der Waals surface area contributed by atoms with Crippen LogP contribution in [0.5, 0.6) is 11.5 Å². The lowest BCUT2D eigenvalue weighted by molar-refractivity contribution is 0.474. The lowest BCUT2D eigenvalue weighted by Gasteiger charge is -2.15. The number of halogens is 3. The molecule has 2 aromatic carbocycles. The fourth-order valence-corrected chi connectivity index (χ4v) is 3.38. The van der Waals surface area contributed by atoms with Gasteiger partial charge in [0, 0.05) is 27.7 Å². The van der Waals surface area contributed by atoms with E-state index in [1.165, 1.54) is 23.5 Å². The number of hydrogen-bond donors (Lipinski definition) is 4. The standard InChI is InChI=1S/C16H17ClN4OS2.2BrH/c17-12-5-3-7-14(11(12)9-24-16(20)21)22-13-6-2-1-4-10(13)8-23-15(18)19;;/h1-7H,8-9H2,(H3,18,19)(H3,20,21);2*1H. The van der Waals surface area contributed by atoms with E-state index in [9.17, 15) is 0 Å². The lowest BCUT2D eigenvalue weighted by Crippen LogP contribution is -2.05. The number of rotatable bonds is 6. The molecule has 0 aromatic heterocycles. The second-order valence-electron chi connectivity index (χ2n) is 4.73. The van der Waals surface area contributed by atoms with Crippen molar-refractivity contribution in [1.29, 1.82) is 10.8 Å². The van der Waals surface area contributed by atoms with Crippen LogP contribution < -0.4 is 16.2 Å². The van der Waals surface area contributed by atoms with Gasteiger partial charge in [-0.05, 0) is 18.2 Å². The molecule has 142 valence electrons. The molecule has 2 rings (SSSR count). The Kier molecular flexibility index (Phi) is 12.1. The fraction of sp³-hybridized carbons (Fsp3) is 0.125. The summed E-state index contributed by atoms with van der Waals surface area (Å²) in [6.07, 6.45) is 0. The highest BCUT2D eigenvalue weighted by Gasteiger charge is 2.12. The molecule has 0 amide bonds. The Labute approximate surface area is 187 Å². The molecule has 0 saturated carbocycles. The minimum absolute atomic E-state index is 0. The Morgan fingerprint density at radius 3 is 2.12 bits per heavy atom. The quantitative estimate of drug-likeness (QED) is 0.283. The van der Waals surface area contributed by atoms with Gasteiger partial charge in [-0.15, -0.1) is 34.0 Å². The minimum atomic E-state index is 0. The van der Waals surface area contributed by atoms with Gasteiger partial charge < -0.3 is 16.2 Å². The minimum Gasteiger partial charge on any atom is -0.457 e. The number of para-hydroxylation sites is 1. The topological polar surface area (TPSA) is 109 Å². The molecular formula is C16H19Br2ClN4OS2. The molecule has 0 heterocycles. The van der Waals surface area contributed by atoms with E-state index in [1.807, 2.05) is 36.4 Å². The smallest absolute Gasteiger partial charge is 0.151 e. The van der Waals surface area contributed by atoms with Crippen LogP contribution in [-0.4, -0.2) is 10.3 Å². The van der Waals surface area contributed by atoms with Crippen LogP contribution in [0.1, 0.15) is 11.1 Å². The second kappa shape index (κ2) is 12.5. The predicted molar refractivity (Wildman–Crippen MR) is 125 cm³/mol. The Balaban J connectivity index is 0.00000312. The third kappa shape index (κ3) is 7.79. The van der Waals surface area contributed by atoms with E-state index in [0.717, 1.165) is 11.1 Å². The van der Waals surface area contributed by atoms with Crippen LogP contribution in [0.15, 0.2) is 42.5 Å². The molecule has 0 aliphatic heterocycles. The van der Waals surface area contributed by atoms with Crippen LogP contribution in [0, 0.1) is 10.8 Å². The largest absolute Gasteiger partial charge is 0.457 e. The molecule has 6 N–H and O–H groups in total.